The maximum Gasteiger partial charge on any atom is 0.349 e. The first-order valence-electron chi connectivity index (χ1n) is 10.00. The molecule has 1 N–H and O–H groups in total. The standard InChI is InChI=1S/C26H18N2O4/c1-31-23-11-5-8-18-14-21(26(30)32-24(18)23)25(29)28-20-9-4-7-16(13-20)19-12-17-6-2-3-10-22(17)27-15-19/h2-15H,1H3,(H,28,29). The number of fused-ring (bicyclic) bond motifs is 2. The maximum atomic E-state index is 12.8. The monoisotopic (exact) mass is 422 g/mol. The van der Waals surface area contributed by atoms with Crippen LogP contribution in [0.2, 0.25) is 0 Å². The molecule has 2 heterocycles. The number of pyridine rings is 1. The fourth-order valence-electron chi connectivity index (χ4n) is 3.64. The zero-order chi connectivity index (χ0) is 22.1. The van der Waals surface area contributed by atoms with Gasteiger partial charge in [-0.15, -0.1) is 0 Å². The van der Waals surface area contributed by atoms with E-state index in [9.17, 15) is 9.59 Å². The van der Waals surface area contributed by atoms with Crippen LogP contribution in [-0.4, -0.2) is 18.0 Å². The zero-order valence-corrected chi connectivity index (χ0v) is 17.2. The predicted octanol–water partition coefficient (Wildman–Crippen LogP) is 5.27. The second-order valence-electron chi connectivity index (χ2n) is 7.28. The second kappa shape index (κ2) is 8.00. The number of aromatic nitrogens is 1. The Morgan fingerprint density at radius 3 is 2.59 bits per heavy atom. The average molecular weight is 422 g/mol. The fraction of sp³-hybridized carbons (Fsp3) is 0.0385. The highest BCUT2D eigenvalue weighted by Gasteiger charge is 2.16. The molecule has 0 bridgehead atoms. The number of methoxy groups -OCH3 is 1. The molecule has 5 aromatic rings. The average Bonchev–Trinajstić information content (AvgIpc) is 2.83. The van der Waals surface area contributed by atoms with E-state index in [1.54, 1.807) is 30.5 Å². The Morgan fingerprint density at radius 1 is 0.906 bits per heavy atom. The summed E-state index contributed by atoms with van der Waals surface area (Å²) in [5.74, 6) is -0.111. The van der Waals surface area contributed by atoms with E-state index in [2.05, 4.69) is 16.4 Å². The first kappa shape index (κ1) is 19.5. The molecule has 0 aliphatic rings. The van der Waals surface area contributed by atoms with Crippen molar-refractivity contribution in [1.82, 2.24) is 4.98 Å². The molecule has 156 valence electrons. The molecule has 3 aromatic carbocycles. The number of amides is 1. The minimum Gasteiger partial charge on any atom is -0.493 e. The number of hydrogen-bond acceptors (Lipinski definition) is 5. The summed E-state index contributed by atoms with van der Waals surface area (Å²) in [7, 11) is 1.49. The van der Waals surface area contributed by atoms with E-state index >= 15 is 0 Å². The summed E-state index contributed by atoms with van der Waals surface area (Å²) >= 11 is 0. The predicted molar refractivity (Wildman–Crippen MR) is 124 cm³/mol. The lowest BCUT2D eigenvalue weighted by Gasteiger charge is -2.09. The van der Waals surface area contributed by atoms with Crippen molar-refractivity contribution < 1.29 is 13.9 Å². The third kappa shape index (κ3) is 3.58. The second-order valence-corrected chi connectivity index (χ2v) is 7.28. The molecule has 5 rings (SSSR count). The van der Waals surface area contributed by atoms with Crippen LogP contribution in [0.25, 0.3) is 33.0 Å². The van der Waals surface area contributed by atoms with E-state index < -0.39 is 11.5 Å². The molecule has 6 heteroatoms. The van der Waals surface area contributed by atoms with Crippen LogP contribution in [0.4, 0.5) is 5.69 Å². The van der Waals surface area contributed by atoms with Crippen molar-refractivity contribution in [3.63, 3.8) is 0 Å². The van der Waals surface area contributed by atoms with Crippen molar-refractivity contribution in [3.05, 3.63) is 101 Å². The molecule has 2 aromatic heterocycles. The lowest BCUT2D eigenvalue weighted by molar-refractivity contribution is 0.102. The first-order chi connectivity index (χ1) is 15.6. The third-order valence-corrected chi connectivity index (χ3v) is 5.23. The van der Waals surface area contributed by atoms with Gasteiger partial charge in [0.1, 0.15) is 5.56 Å². The van der Waals surface area contributed by atoms with Gasteiger partial charge < -0.3 is 14.5 Å². The fourth-order valence-corrected chi connectivity index (χ4v) is 3.64. The molecule has 0 unspecified atom stereocenters. The van der Waals surface area contributed by atoms with E-state index in [1.165, 1.54) is 13.2 Å². The van der Waals surface area contributed by atoms with Gasteiger partial charge in [0.2, 0.25) is 0 Å². The maximum absolute atomic E-state index is 12.8. The smallest absolute Gasteiger partial charge is 0.349 e. The van der Waals surface area contributed by atoms with Gasteiger partial charge in [-0.25, -0.2) is 4.79 Å². The van der Waals surface area contributed by atoms with Crippen molar-refractivity contribution in [1.29, 1.82) is 0 Å². The van der Waals surface area contributed by atoms with Gasteiger partial charge in [0, 0.05) is 28.2 Å². The summed E-state index contributed by atoms with van der Waals surface area (Å²) < 4.78 is 10.6. The Bertz CT molecular complexity index is 1540. The first-order valence-corrected chi connectivity index (χ1v) is 10.00. The number of anilines is 1. The highest BCUT2D eigenvalue weighted by atomic mass is 16.5. The van der Waals surface area contributed by atoms with E-state index in [-0.39, 0.29) is 5.56 Å². The number of hydrogen-bond donors (Lipinski definition) is 1. The number of nitrogens with one attached hydrogen (secondary N) is 1. The van der Waals surface area contributed by atoms with Gasteiger partial charge in [-0.1, -0.05) is 42.5 Å². The van der Waals surface area contributed by atoms with E-state index in [4.69, 9.17) is 9.15 Å². The summed E-state index contributed by atoms with van der Waals surface area (Å²) in [6, 6.07) is 24.0. The highest BCUT2D eigenvalue weighted by Crippen LogP contribution is 2.26. The Labute approximate surface area is 183 Å². The number of carbonyl (C=O) groups excluding carboxylic acids is 1. The lowest BCUT2D eigenvalue weighted by Crippen LogP contribution is -2.20. The van der Waals surface area contributed by atoms with Gasteiger partial charge in [-0.3, -0.25) is 9.78 Å². The van der Waals surface area contributed by atoms with Gasteiger partial charge in [-0.05, 0) is 42.0 Å². The summed E-state index contributed by atoms with van der Waals surface area (Å²) in [6.07, 6.45) is 1.80. The summed E-state index contributed by atoms with van der Waals surface area (Å²) in [5.41, 5.74) is 2.81. The molecule has 0 aliphatic heterocycles. The third-order valence-electron chi connectivity index (χ3n) is 5.23. The molecular weight excluding hydrogens is 404 g/mol. The number of benzene rings is 3. The van der Waals surface area contributed by atoms with Crippen LogP contribution in [0.5, 0.6) is 5.75 Å². The van der Waals surface area contributed by atoms with Gasteiger partial charge >= 0.3 is 5.63 Å². The van der Waals surface area contributed by atoms with E-state index in [0.717, 1.165) is 22.0 Å². The van der Waals surface area contributed by atoms with Gasteiger partial charge in [-0.2, -0.15) is 0 Å². The van der Waals surface area contributed by atoms with Gasteiger partial charge in [0.05, 0.1) is 12.6 Å². The van der Waals surface area contributed by atoms with Crippen molar-refractivity contribution in [2.45, 2.75) is 0 Å². The van der Waals surface area contributed by atoms with Gasteiger partial charge in [0.15, 0.2) is 11.3 Å². The van der Waals surface area contributed by atoms with Crippen LogP contribution in [0, 0.1) is 0 Å². The van der Waals surface area contributed by atoms with Crippen LogP contribution in [0.3, 0.4) is 0 Å². The van der Waals surface area contributed by atoms with Crippen LogP contribution >= 0.6 is 0 Å². The number of ether oxygens (including phenoxy) is 1. The number of nitrogens with zero attached hydrogens (tertiary/aromatic N) is 1. The Kier molecular flexibility index (Phi) is 4.88. The zero-order valence-electron chi connectivity index (χ0n) is 17.2. The Balaban J connectivity index is 1.46. The normalized spacial score (nSPS) is 10.9. The molecule has 0 fully saturated rings. The minimum atomic E-state index is -0.727. The van der Waals surface area contributed by atoms with Crippen molar-refractivity contribution in [3.8, 4) is 16.9 Å². The molecule has 0 atom stereocenters. The lowest BCUT2D eigenvalue weighted by atomic mass is 10.0. The summed E-state index contributed by atoms with van der Waals surface area (Å²) in [4.78, 5) is 29.8. The van der Waals surface area contributed by atoms with Crippen molar-refractivity contribution in [2.24, 2.45) is 0 Å². The number of para-hydroxylation sites is 2. The van der Waals surface area contributed by atoms with Crippen LogP contribution in [-0.2, 0) is 0 Å². The molecular formula is C26H18N2O4. The summed E-state index contributed by atoms with van der Waals surface area (Å²) in [6.45, 7) is 0. The molecule has 0 spiro atoms. The minimum absolute atomic E-state index is 0.0801. The topological polar surface area (TPSA) is 81.4 Å². The van der Waals surface area contributed by atoms with Crippen LogP contribution in [0.15, 0.2) is 94.3 Å². The largest absolute Gasteiger partial charge is 0.493 e. The molecule has 1 amide bonds. The Hall–Kier alpha value is -4.45. The molecule has 0 saturated heterocycles. The quantitative estimate of drug-likeness (QED) is 0.399. The molecule has 0 radical (unpaired) electrons. The SMILES string of the molecule is COc1cccc2cc(C(=O)Nc3cccc(-c4cnc5ccccc5c4)c3)c(=O)oc12. The molecule has 6 nitrogen and oxygen atoms in total. The molecule has 0 saturated carbocycles. The van der Waals surface area contributed by atoms with Crippen LogP contribution in [0.1, 0.15) is 10.4 Å². The summed E-state index contributed by atoms with van der Waals surface area (Å²) in [5, 5.41) is 4.42. The van der Waals surface area contributed by atoms with Crippen LogP contribution < -0.4 is 15.7 Å². The van der Waals surface area contributed by atoms with Crippen molar-refractivity contribution in [2.75, 3.05) is 12.4 Å². The number of carbonyl (C=O) groups is 1. The Morgan fingerprint density at radius 2 is 1.72 bits per heavy atom. The highest BCUT2D eigenvalue weighted by molar-refractivity contribution is 6.06. The van der Waals surface area contributed by atoms with Crippen molar-refractivity contribution >= 4 is 33.5 Å². The molecule has 0 aliphatic carbocycles. The van der Waals surface area contributed by atoms with Gasteiger partial charge in [0.25, 0.3) is 5.91 Å². The van der Waals surface area contributed by atoms with E-state index in [1.807, 2.05) is 42.5 Å². The van der Waals surface area contributed by atoms with E-state index in [0.29, 0.717) is 22.4 Å². The number of rotatable bonds is 4. The molecule has 32 heavy (non-hydrogen) atoms.